The van der Waals surface area contributed by atoms with Gasteiger partial charge in [-0.05, 0) is 26.0 Å². The number of rotatable bonds is 6. The Bertz CT molecular complexity index is 318. The van der Waals surface area contributed by atoms with Gasteiger partial charge in [-0.3, -0.25) is 0 Å². The number of nitrogens with one attached hydrogen (secondary N) is 1. The van der Waals surface area contributed by atoms with Gasteiger partial charge in [-0.2, -0.15) is 0 Å². The largest absolute Gasteiger partial charge is 0.473 e. The summed E-state index contributed by atoms with van der Waals surface area (Å²) < 4.78 is 5.49. The molecule has 1 aromatic rings. The van der Waals surface area contributed by atoms with E-state index >= 15 is 0 Å². The van der Waals surface area contributed by atoms with Crippen LogP contribution in [-0.4, -0.2) is 40.6 Å². The van der Waals surface area contributed by atoms with Crippen LogP contribution in [0.1, 0.15) is 13.8 Å². The van der Waals surface area contributed by atoms with Crippen molar-refractivity contribution in [3.05, 3.63) is 18.3 Å². The number of nitrogens with zero attached hydrogens (tertiary/aromatic N) is 1. The second kappa shape index (κ2) is 6.30. The summed E-state index contributed by atoms with van der Waals surface area (Å²) in [5.74, 6) is 0.502. The van der Waals surface area contributed by atoms with Gasteiger partial charge < -0.3 is 20.3 Å². The van der Waals surface area contributed by atoms with Crippen LogP contribution in [0.3, 0.4) is 0 Å². The van der Waals surface area contributed by atoms with Crippen molar-refractivity contribution in [1.82, 2.24) is 4.98 Å². The topological polar surface area (TPSA) is 74.6 Å². The molecule has 1 heterocycles. The molecule has 0 bridgehead atoms. The molecule has 0 spiro atoms. The molecule has 5 heteroatoms. The third-order valence-corrected chi connectivity index (χ3v) is 1.86. The zero-order chi connectivity index (χ0) is 12.0. The summed E-state index contributed by atoms with van der Waals surface area (Å²) >= 11 is 0. The maximum Gasteiger partial charge on any atom is 0.237 e. The minimum absolute atomic E-state index is 0.0400. The summed E-state index contributed by atoms with van der Waals surface area (Å²) in [6, 6.07) is 3.59. The lowest BCUT2D eigenvalue weighted by atomic mass is 10.3. The first-order valence-corrected chi connectivity index (χ1v) is 5.28. The Hall–Kier alpha value is -1.33. The molecule has 0 saturated heterocycles. The van der Waals surface area contributed by atoms with E-state index in [1.807, 2.05) is 19.9 Å². The molecule has 1 atom stereocenters. The van der Waals surface area contributed by atoms with E-state index in [1.54, 1.807) is 12.3 Å². The third kappa shape index (κ3) is 4.04. The molecule has 0 radical (unpaired) electrons. The standard InChI is InChI=1S/C11H18N2O3/c1-8(2)16-11-10(4-3-5-12-11)13-6-9(15)7-14/h3-5,8-9,13-15H,6-7H2,1-2H3/t9-/m0/s1. The molecule has 0 fully saturated rings. The van der Waals surface area contributed by atoms with Crippen molar-refractivity contribution >= 4 is 5.69 Å². The highest BCUT2D eigenvalue weighted by molar-refractivity contribution is 5.52. The number of aromatic nitrogens is 1. The number of pyridine rings is 1. The van der Waals surface area contributed by atoms with E-state index in [0.717, 1.165) is 0 Å². The fourth-order valence-corrected chi connectivity index (χ4v) is 1.13. The Morgan fingerprint density at radius 3 is 2.88 bits per heavy atom. The zero-order valence-corrected chi connectivity index (χ0v) is 9.55. The molecule has 0 unspecified atom stereocenters. The Balaban J connectivity index is 2.63. The first-order chi connectivity index (χ1) is 7.63. The lowest BCUT2D eigenvalue weighted by molar-refractivity contribution is 0.105. The lowest BCUT2D eigenvalue weighted by Crippen LogP contribution is -2.23. The van der Waals surface area contributed by atoms with Gasteiger partial charge in [0.1, 0.15) is 0 Å². The van der Waals surface area contributed by atoms with E-state index in [4.69, 9.17) is 9.84 Å². The highest BCUT2D eigenvalue weighted by Gasteiger charge is 2.08. The molecule has 5 nitrogen and oxygen atoms in total. The number of ether oxygens (including phenoxy) is 1. The van der Waals surface area contributed by atoms with Crippen molar-refractivity contribution in [3.8, 4) is 5.88 Å². The predicted molar refractivity (Wildman–Crippen MR) is 61.6 cm³/mol. The van der Waals surface area contributed by atoms with Crippen LogP contribution in [0.15, 0.2) is 18.3 Å². The molecule has 0 aliphatic carbocycles. The van der Waals surface area contributed by atoms with Crippen LogP contribution >= 0.6 is 0 Å². The summed E-state index contributed by atoms with van der Waals surface area (Å²) in [6.07, 6.45) is 0.899. The molecule has 0 amide bonds. The fraction of sp³-hybridized carbons (Fsp3) is 0.545. The number of aliphatic hydroxyl groups excluding tert-OH is 2. The van der Waals surface area contributed by atoms with Crippen LogP contribution in [0.2, 0.25) is 0 Å². The van der Waals surface area contributed by atoms with Crippen molar-refractivity contribution in [2.24, 2.45) is 0 Å². The van der Waals surface area contributed by atoms with Crippen molar-refractivity contribution < 1.29 is 14.9 Å². The van der Waals surface area contributed by atoms with E-state index < -0.39 is 6.10 Å². The van der Waals surface area contributed by atoms with E-state index in [2.05, 4.69) is 10.3 Å². The number of hydrogen-bond donors (Lipinski definition) is 3. The summed E-state index contributed by atoms with van der Waals surface area (Å²) in [5, 5.41) is 20.9. The summed E-state index contributed by atoms with van der Waals surface area (Å²) in [5.41, 5.74) is 0.712. The van der Waals surface area contributed by atoms with Gasteiger partial charge in [0.25, 0.3) is 0 Å². The van der Waals surface area contributed by atoms with Gasteiger partial charge in [0.15, 0.2) is 0 Å². The second-order valence-electron chi connectivity index (χ2n) is 3.74. The SMILES string of the molecule is CC(C)Oc1ncccc1NC[C@H](O)CO. The first kappa shape index (κ1) is 12.7. The highest BCUT2D eigenvalue weighted by Crippen LogP contribution is 2.21. The Labute approximate surface area is 95.1 Å². The van der Waals surface area contributed by atoms with Gasteiger partial charge in [0.2, 0.25) is 5.88 Å². The van der Waals surface area contributed by atoms with Gasteiger partial charge in [0, 0.05) is 12.7 Å². The van der Waals surface area contributed by atoms with Gasteiger partial charge in [0.05, 0.1) is 24.5 Å². The Morgan fingerprint density at radius 1 is 1.50 bits per heavy atom. The quantitative estimate of drug-likeness (QED) is 0.663. The van der Waals surface area contributed by atoms with Crippen LogP contribution in [0.5, 0.6) is 5.88 Å². The monoisotopic (exact) mass is 226 g/mol. The molecule has 0 aliphatic rings. The molecule has 0 saturated carbocycles. The fourth-order valence-electron chi connectivity index (χ4n) is 1.13. The van der Waals surface area contributed by atoms with Gasteiger partial charge in [-0.25, -0.2) is 4.98 Å². The van der Waals surface area contributed by atoms with Crippen LogP contribution in [0.4, 0.5) is 5.69 Å². The molecule has 16 heavy (non-hydrogen) atoms. The summed E-state index contributed by atoms with van der Waals surface area (Å²) in [7, 11) is 0. The maximum atomic E-state index is 9.22. The number of anilines is 1. The van der Waals surface area contributed by atoms with Crippen molar-refractivity contribution in [3.63, 3.8) is 0 Å². The molecule has 0 aromatic carbocycles. The summed E-state index contributed by atoms with van der Waals surface area (Å²) in [6.45, 7) is 3.83. The molecule has 3 N–H and O–H groups in total. The van der Waals surface area contributed by atoms with Crippen molar-refractivity contribution in [2.75, 3.05) is 18.5 Å². The minimum atomic E-state index is -0.785. The van der Waals surface area contributed by atoms with E-state index in [9.17, 15) is 5.11 Å². The summed E-state index contributed by atoms with van der Waals surface area (Å²) in [4.78, 5) is 4.09. The maximum absolute atomic E-state index is 9.22. The van der Waals surface area contributed by atoms with Gasteiger partial charge in [-0.1, -0.05) is 0 Å². The number of aliphatic hydroxyl groups is 2. The average Bonchev–Trinajstić information content (AvgIpc) is 2.26. The van der Waals surface area contributed by atoms with Crippen LogP contribution in [0, 0.1) is 0 Å². The highest BCUT2D eigenvalue weighted by atomic mass is 16.5. The molecule has 1 rings (SSSR count). The molecular formula is C11H18N2O3. The Morgan fingerprint density at radius 2 is 2.25 bits per heavy atom. The van der Waals surface area contributed by atoms with E-state index in [1.165, 1.54) is 0 Å². The zero-order valence-electron chi connectivity index (χ0n) is 9.55. The van der Waals surface area contributed by atoms with Crippen LogP contribution in [-0.2, 0) is 0 Å². The van der Waals surface area contributed by atoms with Crippen molar-refractivity contribution in [1.29, 1.82) is 0 Å². The molecule has 0 aliphatic heterocycles. The Kier molecular flexibility index (Phi) is 5.01. The lowest BCUT2D eigenvalue weighted by Gasteiger charge is -2.15. The van der Waals surface area contributed by atoms with Crippen molar-refractivity contribution in [2.45, 2.75) is 26.1 Å². The van der Waals surface area contributed by atoms with Gasteiger partial charge in [-0.15, -0.1) is 0 Å². The van der Waals surface area contributed by atoms with Crippen LogP contribution in [0.25, 0.3) is 0 Å². The predicted octanol–water partition coefficient (Wildman–Crippen LogP) is 0.634. The molecule has 1 aromatic heterocycles. The minimum Gasteiger partial charge on any atom is -0.473 e. The first-order valence-electron chi connectivity index (χ1n) is 5.28. The third-order valence-electron chi connectivity index (χ3n) is 1.86. The smallest absolute Gasteiger partial charge is 0.237 e. The molecular weight excluding hydrogens is 208 g/mol. The average molecular weight is 226 g/mol. The van der Waals surface area contributed by atoms with Gasteiger partial charge >= 0.3 is 0 Å². The second-order valence-corrected chi connectivity index (χ2v) is 3.74. The van der Waals surface area contributed by atoms with Crippen LogP contribution < -0.4 is 10.1 Å². The van der Waals surface area contributed by atoms with E-state index in [-0.39, 0.29) is 19.3 Å². The number of hydrogen-bond acceptors (Lipinski definition) is 5. The molecule has 90 valence electrons. The normalized spacial score (nSPS) is 12.6. The van der Waals surface area contributed by atoms with E-state index in [0.29, 0.717) is 11.6 Å².